The Morgan fingerprint density at radius 1 is 0.621 bits per heavy atom. The van der Waals surface area contributed by atoms with E-state index < -0.39 is 0 Å². The Labute approximate surface area is 339 Å². The number of fused-ring (bicyclic) bond motifs is 3. The molecule has 0 fully saturated rings. The van der Waals surface area contributed by atoms with Gasteiger partial charge in [-0.3, -0.25) is 19.0 Å². The van der Waals surface area contributed by atoms with Crippen LogP contribution in [0.25, 0.3) is 32.8 Å². The van der Waals surface area contributed by atoms with Gasteiger partial charge in [0, 0.05) is 84.9 Å². The maximum absolute atomic E-state index is 14.0. The molecule has 58 heavy (non-hydrogen) atoms. The van der Waals surface area contributed by atoms with Gasteiger partial charge in [0.2, 0.25) is 5.88 Å². The summed E-state index contributed by atoms with van der Waals surface area (Å²) in [6, 6.07) is 21.4. The van der Waals surface area contributed by atoms with Crippen LogP contribution in [0.2, 0.25) is 0 Å². The predicted octanol–water partition coefficient (Wildman–Crippen LogP) is 5.35. The van der Waals surface area contributed by atoms with Crippen LogP contribution in [0.5, 0.6) is 17.4 Å². The number of hydrogen-bond donors (Lipinski definition) is 2. The van der Waals surface area contributed by atoms with Crippen molar-refractivity contribution in [3.05, 3.63) is 115 Å². The summed E-state index contributed by atoms with van der Waals surface area (Å²) in [5.74, 6) is 1.76. The van der Waals surface area contributed by atoms with E-state index in [9.17, 15) is 14.4 Å². The maximum Gasteiger partial charge on any atom is 0.252 e. The van der Waals surface area contributed by atoms with Crippen LogP contribution in [0.15, 0.2) is 87.2 Å². The minimum absolute atomic E-state index is 0.109. The first-order valence-electron chi connectivity index (χ1n) is 20.1. The summed E-state index contributed by atoms with van der Waals surface area (Å²) in [4.78, 5) is 47.5. The predicted molar refractivity (Wildman–Crippen MR) is 233 cm³/mol. The van der Waals surface area contributed by atoms with E-state index >= 15 is 0 Å². The first kappa shape index (κ1) is 42.1. The lowest BCUT2D eigenvalue weighted by atomic mass is 9.99. The zero-order valence-corrected chi connectivity index (χ0v) is 35.0. The van der Waals surface area contributed by atoms with Crippen molar-refractivity contribution in [3.8, 4) is 17.4 Å². The quantitative estimate of drug-likeness (QED) is 0.104. The number of nitrogens with zero attached hydrogens (tertiary/aromatic N) is 5. The summed E-state index contributed by atoms with van der Waals surface area (Å²) < 4.78 is 23.7. The molecule has 0 saturated heterocycles. The summed E-state index contributed by atoms with van der Waals surface area (Å²) in [7, 11) is 7.73. The van der Waals surface area contributed by atoms with E-state index in [1.165, 1.54) is 0 Å². The third kappa shape index (κ3) is 9.44. The standard InChI is InChI=1S/C45H57N7O6/c1-29(2)50-42(53)16-13-38-34(26-41(48-45(38)50)58-21-18-47-6)24-31(4)52-40-28-36(57-22-19-49(7)8)25-33(37(40)12-15-44(52)55)23-30(3)51-39-27-35(56-20-17-46-5)11-9-32(39)10-14-43(51)54/h9-16,25-31,46-47H,17-24H2,1-8H3. The van der Waals surface area contributed by atoms with Crippen LogP contribution >= 0.6 is 0 Å². The summed E-state index contributed by atoms with van der Waals surface area (Å²) in [5.41, 5.74) is 3.53. The average molecular weight is 792 g/mol. The monoisotopic (exact) mass is 791 g/mol. The second-order valence-corrected chi connectivity index (χ2v) is 15.5. The molecule has 0 aliphatic carbocycles. The van der Waals surface area contributed by atoms with Crippen molar-refractivity contribution in [2.24, 2.45) is 0 Å². The molecule has 4 aromatic heterocycles. The largest absolute Gasteiger partial charge is 0.492 e. The van der Waals surface area contributed by atoms with E-state index in [4.69, 9.17) is 19.2 Å². The van der Waals surface area contributed by atoms with E-state index in [0.29, 0.717) is 75.3 Å². The lowest BCUT2D eigenvalue weighted by Crippen LogP contribution is -2.26. The van der Waals surface area contributed by atoms with Crippen LogP contribution in [0.4, 0.5) is 0 Å². The Bertz CT molecular complexity index is 2560. The number of likely N-dealkylation sites (N-methyl/N-ethyl adjacent to an activating group) is 3. The highest BCUT2D eigenvalue weighted by Gasteiger charge is 2.21. The van der Waals surface area contributed by atoms with E-state index in [-0.39, 0.29) is 34.8 Å². The van der Waals surface area contributed by atoms with Crippen molar-refractivity contribution in [1.82, 2.24) is 34.2 Å². The Balaban J connectivity index is 1.45. The molecule has 6 aromatic rings. The SMILES string of the molecule is CNCCOc1ccc2ccc(=O)n(C(C)Cc3cc(OCCN(C)C)cc4c3ccc(=O)n4C(C)Cc3cc(OCCNC)nc4c3ccc(=O)n4C(C)C)c2c1. The van der Waals surface area contributed by atoms with Crippen LogP contribution < -0.4 is 41.5 Å². The zero-order valence-electron chi connectivity index (χ0n) is 35.0. The van der Waals surface area contributed by atoms with E-state index in [0.717, 1.165) is 38.3 Å². The van der Waals surface area contributed by atoms with E-state index in [1.54, 1.807) is 22.8 Å². The van der Waals surface area contributed by atoms with E-state index in [1.807, 2.05) is 120 Å². The van der Waals surface area contributed by atoms with Gasteiger partial charge in [0.15, 0.2) is 0 Å². The number of hydrogen-bond acceptors (Lipinski definition) is 10. The van der Waals surface area contributed by atoms with Crippen molar-refractivity contribution in [2.45, 2.75) is 58.7 Å². The molecule has 308 valence electrons. The second-order valence-electron chi connectivity index (χ2n) is 15.5. The van der Waals surface area contributed by atoms with Gasteiger partial charge in [-0.05, 0) is 122 Å². The molecule has 13 heteroatoms. The van der Waals surface area contributed by atoms with Crippen LogP contribution in [-0.2, 0) is 12.8 Å². The van der Waals surface area contributed by atoms with Gasteiger partial charge in [-0.25, -0.2) is 0 Å². The van der Waals surface area contributed by atoms with Crippen molar-refractivity contribution >= 4 is 32.8 Å². The highest BCUT2D eigenvalue weighted by atomic mass is 16.5. The molecule has 2 N–H and O–H groups in total. The minimum Gasteiger partial charge on any atom is -0.492 e. The van der Waals surface area contributed by atoms with Crippen LogP contribution in [0.1, 0.15) is 56.9 Å². The van der Waals surface area contributed by atoms with Crippen LogP contribution in [-0.4, -0.2) is 91.2 Å². The number of aromatic nitrogens is 4. The molecular formula is C45H57N7O6. The van der Waals surface area contributed by atoms with Gasteiger partial charge in [0.05, 0.1) is 11.0 Å². The van der Waals surface area contributed by atoms with Crippen molar-refractivity contribution in [1.29, 1.82) is 0 Å². The summed E-state index contributed by atoms with van der Waals surface area (Å²) in [5, 5.41) is 8.84. The average Bonchev–Trinajstić information content (AvgIpc) is 3.17. The Hall–Kier alpha value is -5.50. The normalized spacial score (nSPS) is 12.9. The van der Waals surface area contributed by atoms with E-state index in [2.05, 4.69) is 15.5 Å². The molecule has 0 aliphatic heterocycles. The molecule has 0 bridgehead atoms. The third-order valence-electron chi connectivity index (χ3n) is 10.4. The fraction of sp³-hybridized carbons (Fsp3) is 0.422. The van der Waals surface area contributed by atoms with Crippen molar-refractivity contribution in [3.63, 3.8) is 0 Å². The fourth-order valence-electron chi connectivity index (χ4n) is 7.61. The number of rotatable bonds is 19. The van der Waals surface area contributed by atoms with Gasteiger partial charge < -0.3 is 38.9 Å². The lowest BCUT2D eigenvalue weighted by molar-refractivity contribution is 0.261. The summed E-state index contributed by atoms with van der Waals surface area (Å²) in [6.45, 7) is 11.4. The molecule has 0 amide bonds. The molecule has 0 aliphatic rings. The highest BCUT2D eigenvalue weighted by Crippen LogP contribution is 2.32. The number of nitrogens with one attached hydrogen (secondary N) is 2. The van der Waals surface area contributed by atoms with Gasteiger partial charge in [-0.15, -0.1) is 0 Å². The molecule has 4 heterocycles. The topological polar surface area (TPSA) is 134 Å². The molecule has 13 nitrogen and oxygen atoms in total. The summed E-state index contributed by atoms with van der Waals surface area (Å²) in [6.07, 6.45) is 0.950. The molecule has 2 aromatic carbocycles. The molecular weight excluding hydrogens is 735 g/mol. The molecule has 2 atom stereocenters. The van der Waals surface area contributed by atoms with Crippen molar-refractivity contribution in [2.75, 3.05) is 67.6 Å². The smallest absolute Gasteiger partial charge is 0.252 e. The Morgan fingerprint density at radius 3 is 1.83 bits per heavy atom. The fourth-order valence-corrected chi connectivity index (χ4v) is 7.61. The second kappa shape index (κ2) is 18.8. The van der Waals surface area contributed by atoms with Gasteiger partial charge in [0.25, 0.3) is 16.7 Å². The molecule has 0 saturated carbocycles. The van der Waals surface area contributed by atoms with Gasteiger partial charge >= 0.3 is 0 Å². The molecule has 0 radical (unpaired) electrons. The third-order valence-corrected chi connectivity index (χ3v) is 10.4. The van der Waals surface area contributed by atoms with Gasteiger partial charge in [0.1, 0.15) is 37.0 Å². The molecule has 2 unspecified atom stereocenters. The number of pyridine rings is 4. The molecule has 0 spiro atoms. The van der Waals surface area contributed by atoms with Crippen LogP contribution in [0, 0.1) is 0 Å². The maximum atomic E-state index is 14.0. The first-order chi connectivity index (χ1) is 27.9. The summed E-state index contributed by atoms with van der Waals surface area (Å²) >= 11 is 0. The zero-order chi connectivity index (χ0) is 41.5. The van der Waals surface area contributed by atoms with Gasteiger partial charge in [-0.2, -0.15) is 4.98 Å². The molecule has 6 rings (SSSR count). The lowest BCUT2D eigenvalue weighted by Gasteiger charge is -2.23. The highest BCUT2D eigenvalue weighted by molar-refractivity contribution is 5.85. The Kier molecular flexibility index (Phi) is 13.7. The minimum atomic E-state index is -0.323. The van der Waals surface area contributed by atoms with Gasteiger partial charge in [-0.1, -0.05) is 0 Å². The number of ether oxygens (including phenoxy) is 3. The number of benzene rings is 2. The first-order valence-corrected chi connectivity index (χ1v) is 20.1. The van der Waals surface area contributed by atoms with Crippen molar-refractivity contribution < 1.29 is 14.2 Å². The van der Waals surface area contributed by atoms with Crippen LogP contribution in [0.3, 0.4) is 0 Å². The Morgan fingerprint density at radius 2 is 1.17 bits per heavy atom.